The molecular formula is C6H5BCl2. The number of hydrogen-bond donors (Lipinski definition) is 0. The van der Waals surface area contributed by atoms with Crippen molar-refractivity contribution in [3.05, 3.63) is 30.3 Å². The standard InChI is InChI=1S/C6H5BCl2/c8-7(9)6-4-2-1-3-5-6/h1-5H. The van der Waals surface area contributed by atoms with Gasteiger partial charge in [0.05, 0.1) is 0 Å². The summed E-state index contributed by atoms with van der Waals surface area (Å²) in [4.78, 5) is 0. The van der Waals surface area contributed by atoms with E-state index in [1.54, 1.807) is 0 Å². The van der Waals surface area contributed by atoms with Gasteiger partial charge in [0.1, 0.15) is 0 Å². The molecule has 0 amide bonds. The van der Waals surface area contributed by atoms with Crippen LogP contribution < -0.4 is 5.46 Å². The van der Waals surface area contributed by atoms with E-state index in [1.807, 2.05) is 30.3 Å². The number of rotatable bonds is 1. The van der Waals surface area contributed by atoms with Gasteiger partial charge in [-0.2, -0.15) is 22.9 Å². The Labute approximate surface area is 64.7 Å². The Kier molecular flexibility index (Phi) is 2.43. The zero-order valence-corrected chi connectivity index (χ0v) is 6.23. The van der Waals surface area contributed by atoms with E-state index in [2.05, 4.69) is 0 Å². The highest BCUT2D eigenvalue weighted by atomic mass is 35.5. The minimum absolute atomic E-state index is 0.397. The monoisotopic (exact) mass is 158 g/mol. The van der Waals surface area contributed by atoms with Crippen molar-refractivity contribution in [2.24, 2.45) is 0 Å². The van der Waals surface area contributed by atoms with Crippen molar-refractivity contribution in [3.63, 3.8) is 0 Å². The molecule has 1 aromatic rings. The van der Waals surface area contributed by atoms with E-state index < -0.39 is 5.54 Å². The van der Waals surface area contributed by atoms with Crippen molar-refractivity contribution in [3.8, 4) is 0 Å². The maximum atomic E-state index is 5.57. The van der Waals surface area contributed by atoms with E-state index in [0.29, 0.717) is 0 Å². The quantitative estimate of drug-likeness (QED) is 0.548. The lowest BCUT2D eigenvalue weighted by Gasteiger charge is -1.93. The van der Waals surface area contributed by atoms with Crippen LogP contribution in [0.25, 0.3) is 0 Å². The maximum Gasteiger partial charge on any atom is 0.382 e. The van der Waals surface area contributed by atoms with Crippen molar-refractivity contribution in [1.29, 1.82) is 0 Å². The average molecular weight is 159 g/mol. The molecule has 9 heavy (non-hydrogen) atoms. The molecule has 1 rings (SSSR count). The molecule has 0 aliphatic carbocycles. The fourth-order valence-corrected chi connectivity index (χ4v) is 0.889. The second-order valence-corrected chi connectivity index (χ2v) is 2.81. The largest absolute Gasteiger partial charge is 0.382 e. The van der Waals surface area contributed by atoms with Gasteiger partial charge in [-0.25, -0.2) is 0 Å². The van der Waals surface area contributed by atoms with E-state index in [-0.39, 0.29) is 0 Å². The molecule has 0 radical (unpaired) electrons. The Bertz CT molecular complexity index is 174. The van der Waals surface area contributed by atoms with Gasteiger partial charge in [0.2, 0.25) is 0 Å². The third-order valence-corrected chi connectivity index (χ3v) is 1.56. The first-order valence-electron chi connectivity index (χ1n) is 2.64. The minimum atomic E-state index is -0.397. The van der Waals surface area contributed by atoms with Gasteiger partial charge in [-0.1, -0.05) is 30.3 Å². The second kappa shape index (κ2) is 3.14. The Morgan fingerprint density at radius 2 is 1.56 bits per heavy atom. The first-order valence-corrected chi connectivity index (χ1v) is 3.51. The molecule has 0 aromatic heterocycles. The SMILES string of the molecule is ClB(Cl)c1ccccc1. The molecule has 0 aliphatic heterocycles. The van der Waals surface area contributed by atoms with Gasteiger partial charge in [-0.3, -0.25) is 0 Å². The highest BCUT2D eigenvalue weighted by Gasteiger charge is 2.06. The fraction of sp³-hybridized carbons (Fsp3) is 0. The van der Waals surface area contributed by atoms with Crippen LogP contribution in [0, 0.1) is 0 Å². The Balaban J connectivity index is 2.85. The van der Waals surface area contributed by atoms with Crippen LogP contribution in [-0.4, -0.2) is 5.54 Å². The van der Waals surface area contributed by atoms with Crippen LogP contribution in [-0.2, 0) is 0 Å². The molecule has 0 fully saturated rings. The smallest absolute Gasteiger partial charge is 0.165 e. The van der Waals surface area contributed by atoms with Gasteiger partial charge < -0.3 is 0 Å². The van der Waals surface area contributed by atoms with Crippen LogP contribution in [0.1, 0.15) is 0 Å². The lowest BCUT2D eigenvalue weighted by atomic mass is 9.93. The zero-order chi connectivity index (χ0) is 6.69. The van der Waals surface area contributed by atoms with Crippen molar-refractivity contribution < 1.29 is 0 Å². The molecule has 0 nitrogen and oxygen atoms in total. The summed E-state index contributed by atoms with van der Waals surface area (Å²) in [5.41, 5.74) is 0.548. The van der Waals surface area contributed by atoms with Crippen LogP contribution in [0.5, 0.6) is 0 Å². The summed E-state index contributed by atoms with van der Waals surface area (Å²) in [6.07, 6.45) is 0. The first kappa shape index (κ1) is 6.98. The third kappa shape index (κ3) is 1.92. The Morgan fingerprint density at radius 1 is 1.00 bits per heavy atom. The summed E-state index contributed by atoms with van der Waals surface area (Å²) in [5.74, 6) is 0. The second-order valence-electron chi connectivity index (χ2n) is 1.71. The van der Waals surface area contributed by atoms with Gasteiger partial charge in [-0.15, -0.1) is 0 Å². The first-order chi connectivity index (χ1) is 4.30. The van der Waals surface area contributed by atoms with Crippen molar-refractivity contribution in [1.82, 2.24) is 0 Å². The van der Waals surface area contributed by atoms with Gasteiger partial charge in [0.25, 0.3) is 0 Å². The van der Waals surface area contributed by atoms with E-state index >= 15 is 0 Å². The minimum Gasteiger partial charge on any atom is -0.165 e. The molecule has 0 atom stereocenters. The lowest BCUT2D eigenvalue weighted by molar-refractivity contribution is 1.77. The summed E-state index contributed by atoms with van der Waals surface area (Å²) >= 11 is 11.1. The number of halogens is 2. The molecule has 0 saturated heterocycles. The molecule has 1 aromatic carbocycles. The predicted molar refractivity (Wildman–Crippen MR) is 43.5 cm³/mol. The van der Waals surface area contributed by atoms with E-state index in [4.69, 9.17) is 22.9 Å². The molecule has 0 N–H and O–H groups in total. The molecule has 0 unspecified atom stereocenters. The van der Waals surface area contributed by atoms with Crippen LogP contribution in [0.3, 0.4) is 0 Å². The molecule has 0 heterocycles. The summed E-state index contributed by atoms with van der Waals surface area (Å²) in [6.45, 7) is 0. The Hall–Kier alpha value is -0.135. The summed E-state index contributed by atoms with van der Waals surface area (Å²) in [7, 11) is 0. The summed E-state index contributed by atoms with van der Waals surface area (Å²) < 4.78 is 0. The number of benzene rings is 1. The van der Waals surface area contributed by atoms with Crippen molar-refractivity contribution in [2.45, 2.75) is 0 Å². The molecule has 46 valence electrons. The van der Waals surface area contributed by atoms with E-state index in [1.165, 1.54) is 0 Å². The van der Waals surface area contributed by atoms with E-state index in [0.717, 1.165) is 5.46 Å². The highest BCUT2D eigenvalue weighted by molar-refractivity contribution is 7.39. The Morgan fingerprint density at radius 3 is 1.89 bits per heavy atom. The normalized spacial score (nSPS) is 9.11. The van der Waals surface area contributed by atoms with Crippen LogP contribution in [0.4, 0.5) is 0 Å². The van der Waals surface area contributed by atoms with Gasteiger partial charge in [0.15, 0.2) is 0 Å². The summed E-state index contributed by atoms with van der Waals surface area (Å²) in [5, 5.41) is 0. The van der Waals surface area contributed by atoms with Crippen molar-refractivity contribution >= 4 is 33.9 Å². The zero-order valence-electron chi connectivity index (χ0n) is 4.72. The van der Waals surface area contributed by atoms with Gasteiger partial charge >= 0.3 is 5.54 Å². The van der Waals surface area contributed by atoms with Crippen LogP contribution in [0.15, 0.2) is 30.3 Å². The van der Waals surface area contributed by atoms with E-state index in [9.17, 15) is 0 Å². The van der Waals surface area contributed by atoms with Gasteiger partial charge in [0, 0.05) is 0 Å². The maximum absolute atomic E-state index is 5.57. The summed E-state index contributed by atoms with van der Waals surface area (Å²) in [6, 6.07) is 9.54. The number of hydrogen-bond acceptors (Lipinski definition) is 0. The molecule has 0 aliphatic rings. The van der Waals surface area contributed by atoms with Crippen LogP contribution in [0.2, 0.25) is 0 Å². The highest BCUT2D eigenvalue weighted by Crippen LogP contribution is 1.96. The third-order valence-electron chi connectivity index (χ3n) is 1.05. The average Bonchev–Trinajstić information content (AvgIpc) is 1.90. The lowest BCUT2D eigenvalue weighted by Crippen LogP contribution is -2.16. The predicted octanol–water partition coefficient (Wildman–Crippen LogP) is 1.86. The molecule has 3 heteroatoms. The van der Waals surface area contributed by atoms with Gasteiger partial charge in [-0.05, 0) is 5.46 Å². The van der Waals surface area contributed by atoms with Crippen LogP contribution >= 0.6 is 22.9 Å². The molecular weight excluding hydrogens is 154 g/mol. The topological polar surface area (TPSA) is 0 Å². The molecule has 0 spiro atoms. The fourth-order valence-electron chi connectivity index (χ4n) is 0.599. The van der Waals surface area contributed by atoms with Crippen molar-refractivity contribution in [2.75, 3.05) is 0 Å². The molecule has 0 saturated carbocycles. The molecule has 0 bridgehead atoms.